The molecule has 0 amide bonds. The van der Waals surface area contributed by atoms with Crippen molar-refractivity contribution in [2.45, 2.75) is 19.0 Å². The minimum atomic E-state index is 0.331. The molecule has 0 aliphatic carbocycles. The number of hydrogen-bond acceptors (Lipinski definition) is 5. The van der Waals surface area contributed by atoms with Gasteiger partial charge in [-0.1, -0.05) is 0 Å². The molecule has 5 heteroatoms. The smallest absolute Gasteiger partial charge is 0.0727 e. The number of rotatable bonds is 5. The fourth-order valence-electron chi connectivity index (χ4n) is 2.64. The summed E-state index contributed by atoms with van der Waals surface area (Å²) in [4.78, 5) is 5.07. The second kappa shape index (κ2) is 7.28. The molecule has 0 aromatic rings. The van der Waals surface area contributed by atoms with Crippen LogP contribution in [0, 0.1) is 0 Å². The van der Waals surface area contributed by atoms with E-state index in [2.05, 4.69) is 20.4 Å². The Morgan fingerprint density at radius 3 is 2.53 bits per heavy atom. The highest BCUT2D eigenvalue weighted by molar-refractivity contribution is 4.81. The van der Waals surface area contributed by atoms with Crippen LogP contribution in [0.2, 0.25) is 0 Å². The van der Waals surface area contributed by atoms with Gasteiger partial charge in [-0.25, -0.2) is 0 Å². The topological polar surface area (TPSA) is 50.8 Å². The van der Waals surface area contributed by atoms with Crippen LogP contribution in [0.15, 0.2) is 0 Å². The zero-order chi connectivity index (χ0) is 11.9. The summed E-state index contributed by atoms with van der Waals surface area (Å²) >= 11 is 0. The molecule has 0 saturated carbocycles. The number of nitrogens with one attached hydrogen (secondary N) is 2. The zero-order valence-electron chi connectivity index (χ0n) is 10.7. The van der Waals surface area contributed by atoms with Crippen molar-refractivity contribution < 1.29 is 5.11 Å². The molecule has 1 atom stereocenters. The van der Waals surface area contributed by atoms with Crippen LogP contribution < -0.4 is 10.6 Å². The van der Waals surface area contributed by atoms with Crippen LogP contribution in [0.1, 0.15) is 12.8 Å². The van der Waals surface area contributed by atoms with Crippen LogP contribution in [0.25, 0.3) is 0 Å². The normalized spacial score (nSPS) is 28.4. The molecule has 2 fully saturated rings. The van der Waals surface area contributed by atoms with Gasteiger partial charge < -0.3 is 15.3 Å². The third kappa shape index (κ3) is 4.19. The van der Waals surface area contributed by atoms with E-state index in [-0.39, 0.29) is 0 Å². The molecule has 3 N–H and O–H groups in total. The van der Waals surface area contributed by atoms with Crippen molar-refractivity contribution in [1.29, 1.82) is 0 Å². The molecule has 0 aromatic heterocycles. The Bertz CT molecular complexity index is 201. The van der Waals surface area contributed by atoms with Crippen LogP contribution >= 0.6 is 0 Å². The number of piperazine rings is 2. The van der Waals surface area contributed by atoms with E-state index in [1.54, 1.807) is 0 Å². The largest absolute Gasteiger partial charge is 0.396 e. The first-order valence-electron chi connectivity index (χ1n) is 6.91. The van der Waals surface area contributed by atoms with Gasteiger partial charge in [0.15, 0.2) is 0 Å². The summed E-state index contributed by atoms with van der Waals surface area (Å²) in [5.74, 6) is 0. The minimum Gasteiger partial charge on any atom is -0.396 e. The third-order valence-corrected chi connectivity index (χ3v) is 3.75. The Balaban J connectivity index is 1.63. The van der Waals surface area contributed by atoms with Gasteiger partial charge in [0, 0.05) is 52.4 Å². The van der Waals surface area contributed by atoms with Gasteiger partial charge in [0.05, 0.1) is 6.17 Å². The molecule has 0 bridgehead atoms. The summed E-state index contributed by atoms with van der Waals surface area (Å²) in [7, 11) is 0. The highest BCUT2D eigenvalue weighted by Crippen LogP contribution is 2.06. The molecule has 100 valence electrons. The number of hydrogen-bond donors (Lipinski definition) is 3. The van der Waals surface area contributed by atoms with Gasteiger partial charge in [0.2, 0.25) is 0 Å². The Kier molecular flexibility index (Phi) is 5.67. The Morgan fingerprint density at radius 2 is 1.88 bits per heavy atom. The summed E-state index contributed by atoms with van der Waals surface area (Å²) in [6, 6.07) is 0. The maximum atomic E-state index is 8.77. The van der Waals surface area contributed by atoms with E-state index in [1.807, 2.05) is 0 Å². The number of nitrogens with zero attached hydrogens (tertiary/aromatic N) is 2. The highest BCUT2D eigenvalue weighted by atomic mass is 16.2. The lowest BCUT2D eigenvalue weighted by molar-refractivity contribution is 0.0728. The van der Waals surface area contributed by atoms with E-state index in [9.17, 15) is 0 Å². The summed E-state index contributed by atoms with van der Waals surface area (Å²) in [5, 5.41) is 15.8. The van der Waals surface area contributed by atoms with Crippen LogP contribution in [0.3, 0.4) is 0 Å². The van der Waals surface area contributed by atoms with Crippen molar-refractivity contribution in [1.82, 2.24) is 20.4 Å². The highest BCUT2D eigenvalue weighted by Gasteiger charge is 2.24. The molecule has 17 heavy (non-hydrogen) atoms. The maximum Gasteiger partial charge on any atom is 0.0727 e. The van der Waals surface area contributed by atoms with Crippen LogP contribution in [0.5, 0.6) is 0 Å². The molecular weight excluding hydrogens is 216 g/mol. The molecule has 2 aliphatic heterocycles. The Hall–Kier alpha value is -0.200. The van der Waals surface area contributed by atoms with Gasteiger partial charge in [-0.3, -0.25) is 10.2 Å². The molecule has 2 saturated heterocycles. The summed E-state index contributed by atoms with van der Waals surface area (Å²) < 4.78 is 0. The van der Waals surface area contributed by atoms with Gasteiger partial charge in [0.25, 0.3) is 0 Å². The van der Waals surface area contributed by atoms with Crippen LogP contribution in [0.4, 0.5) is 0 Å². The van der Waals surface area contributed by atoms with Crippen molar-refractivity contribution in [2.24, 2.45) is 0 Å². The SMILES string of the molecule is OCCCCN1CCN(C2CNCCN2)CC1. The molecule has 2 rings (SSSR count). The van der Waals surface area contributed by atoms with Gasteiger partial charge in [-0.05, 0) is 19.4 Å². The lowest BCUT2D eigenvalue weighted by Crippen LogP contribution is -2.61. The van der Waals surface area contributed by atoms with E-state index in [1.165, 1.54) is 26.2 Å². The first-order chi connectivity index (χ1) is 8.40. The minimum absolute atomic E-state index is 0.331. The van der Waals surface area contributed by atoms with Crippen molar-refractivity contribution in [3.05, 3.63) is 0 Å². The molecule has 5 nitrogen and oxygen atoms in total. The Morgan fingerprint density at radius 1 is 1.06 bits per heavy atom. The van der Waals surface area contributed by atoms with Crippen LogP contribution in [-0.4, -0.2) is 80.0 Å². The predicted octanol–water partition coefficient (Wildman–Crippen LogP) is -1.10. The van der Waals surface area contributed by atoms with Crippen LogP contribution in [-0.2, 0) is 0 Å². The fourth-order valence-corrected chi connectivity index (χ4v) is 2.64. The van der Waals surface area contributed by atoms with Gasteiger partial charge >= 0.3 is 0 Å². The maximum absolute atomic E-state index is 8.77. The number of aliphatic hydroxyl groups is 1. The summed E-state index contributed by atoms with van der Waals surface area (Å²) in [6.07, 6.45) is 2.59. The molecule has 2 aliphatic rings. The number of aliphatic hydroxyl groups excluding tert-OH is 1. The van der Waals surface area contributed by atoms with Crippen molar-refractivity contribution in [2.75, 3.05) is 59.0 Å². The first kappa shape index (κ1) is 13.2. The zero-order valence-corrected chi connectivity index (χ0v) is 10.7. The molecule has 0 radical (unpaired) electrons. The Labute approximate surface area is 104 Å². The van der Waals surface area contributed by atoms with Crippen molar-refractivity contribution in [3.8, 4) is 0 Å². The third-order valence-electron chi connectivity index (χ3n) is 3.75. The van der Waals surface area contributed by atoms with Gasteiger partial charge in [0.1, 0.15) is 0 Å². The van der Waals surface area contributed by atoms with E-state index in [4.69, 9.17) is 5.11 Å². The predicted molar refractivity (Wildman–Crippen MR) is 69.0 cm³/mol. The average Bonchev–Trinajstić information content (AvgIpc) is 2.41. The molecule has 0 aromatic carbocycles. The van der Waals surface area contributed by atoms with Crippen molar-refractivity contribution in [3.63, 3.8) is 0 Å². The lowest BCUT2D eigenvalue weighted by Gasteiger charge is -2.41. The molecule has 1 unspecified atom stereocenters. The van der Waals surface area contributed by atoms with E-state index in [0.717, 1.165) is 39.0 Å². The number of unbranched alkanes of at least 4 members (excludes halogenated alkanes) is 1. The monoisotopic (exact) mass is 242 g/mol. The molecule has 2 heterocycles. The fraction of sp³-hybridized carbons (Fsp3) is 1.00. The van der Waals surface area contributed by atoms with Crippen molar-refractivity contribution >= 4 is 0 Å². The standard InChI is InChI=1S/C12H26N4O/c17-10-2-1-5-15-6-8-16(9-7-15)12-11-13-3-4-14-12/h12-14,17H,1-11H2. The quantitative estimate of drug-likeness (QED) is 0.534. The summed E-state index contributed by atoms with van der Waals surface area (Å²) in [5.41, 5.74) is 0. The van der Waals surface area contributed by atoms with E-state index >= 15 is 0 Å². The molecular formula is C12H26N4O. The second-order valence-corrected chi connectivity index (χ2v) is 4.98. The second-order valence-electron chi connectivity index (χ2n) is 4.98. The van der Waals surface area contributed by atoms with Gasteiger partial charge in [-0.2, -0.15) is 0 Å². The first-order valence-corrected chi connectivity index (χ1v) is 6.91. The van der Waals surface area contributed by atoms with Gasteiger partial charge in [-0.15, -0.1) is 0 Å². The van der Waals surface area contributed by atoms with E-state index < -0.39 is 0 Å². The van der Waals surface area contributed by atoms with E-state index in [0.29, 0.717) is 12.8 Å². The molecule has 0 spiro atoms. The average molecular weight is 242 g/mol. The summed E-state index contributed by atoms with van der Waals surface area (Å²) in [6.45, 7) is 9.40. The lowest BCUT2D eigenvalue weighted by atomic mass is 10.2.